The predicted octanol–water partition coefficient (Wildman–Crippen LogP) is 4.62. The molecule has 0 unspecified atom stereocenters. The maximum Gasteiger partial charge on any atom is 0.286 e. The van der Waals surface area contributed by atoms with E-state index in [0.29, 0.717) is 29.5 Å². The zero-order chi connectivity index (χ0) is 21.8. The van der Waals surface area contributed by atoms with E-state index < -0.39 is 10.0 Å². The number of carbonyl (C=O) groups excluding carboxylic acids is 1. The van der Waals surface area contributed by atoms with E-state index >= 15 is 0 Å². The lowest BCUT2D eigenvalue weighted by Gasteiger charge is -2.31. The first-order valence-electron chi connectivity index (χ1n) is 9.93. The van der Waals surface area contributed by atoms with Crippen molar-refractivity contribution in [1.29, 1.82) is 0 Å². The highest BCUT2D eigenvalue weighted by Gasteiger charge is 2.34. The third kappa shape index (κ3) is 3.56. The van der Waals surface area contributed by atoms with Crippen LogP contribution in [0.2, 0.25) is 0 Å². The zero-order valence-corrected chi connectivity index (χ0v) is 19.8. The number of benzene rings is 2. The van der Waals surface area contributed by atoms with E-state index in [1.807, 2.05) is 30.0 Å². The van der Waals surface area contributed by atoms with Crippen LogP contribution in [0.4, 0.5) is 11.4 Å². The summed E-state index contributed by atoms with van der Waals surface area (Å²) in [6, 6.07) is 10.8. The summed E-state index contributed by atoms with van der Waals surface area (Å²) in [5.41, 5.74) is 2.89. The molecule has 2 heterocycles. The van der Waals surface area contributed by atoms with Crippen LogP contribution in [0.3, 0.4) is 0 Å². The molecule has 0 aromatic heterocycles. The highest BCUT2D eigenvalue weighted by atomic mass is 79.9. The van der Waals surface area contributed by atoms with Crippen molar-refractivity contribution in [1.82, 2.24) is 0 Å². The van der Waals surface area contributed by atoms with Gasteiger partial charge in [-0.05, 0) is 68.1 Å². The second-order valence-electron chi connectivity index (χ2n) is 8.30. The average molecular weight is 490 g/mol. The molecule has 0 spiro atoms. The van der Waals surface area contributed by atoms with Crippen LogP contribution >= 0.6 is 15.9 Å². The van der Waals surface area contributed by atoms with E-state index in [1.165, 1.54) is 6.07 Å². The number of amidine groups is 1. The molecular weight excluding hydrogens is 466 g/mol. The molecule has 0 saturated heterocycles. The van der Waals surface area contributed by atoms with E-state index in [2.05, 4.69) is 34.2 Å². The van der Waals surface area contributed by atoms with Gasteiger partial charge in [0.25, 0.3) is 15.9 Å². The van der Waals surface area contributed by atoms with Crippen molar-refractivity contribution in [2.75, 3.05) is 16.3 Å². The summed E-state index contributed by atoms with van der Waals surface area (Å²) in [6.45, 7) is 8.48. The van der Waals surface area contributed by atoms with Gasteiger partial charge in [-0.1, -0.05) is 29.8 Å². The molecule has 8 heteroatoms. The minimum atomic E-state index is -3.85. The van der Waals surface area contributed by atoms with Gasteiger partial charge in [0.1, 0.15) is 10.7 Å². The largest absolute Gasteiger partial charge is 0.328 e. The summed E-state index contributed by atoms with van der Waals surface area (Å²) in [7, 11) is -3.85. The van der Waals surface area contributed by atoms with Gasteiger partial charge in [-0.2, -0.15) is 8.42 Å². The molecule has 0 bridgehead atoms. The molecule has 6 nitrogen and oxygen atoms in total. The Morgan fingerprint density at radius 2 is 1.90 bits per heavy atom. The summed E-state index contributed by atoms with van der Waals surface area (Å²) in [4.78, 5) is 17.1. The summed E-state index contributed by atoms with van der Waals surface area (Å²) in [6.07, 6.45) is 0.759. The van der Waals surface area contributed by atoms with E-state index in [9.17, 15) is 13.2 Å². The Kier molecular flexibility index (Phi) is 5.26. The Morgan fingerprint density at radius 3 is 2.60 bits per heavy atom. The van der Waals surface area contributed by atoms with Gasteiger partial charge >= 0.3 is 0 Å². The molecule has 2 aliphatic rings. The normalized spacial score (nSPS) is 19.5. The Balaban J connectivity index is 1.76. The Hall–Kier alpha value is -2.19. The van der Waals surface area contributed by atoms with Crippen LogP contribution in [0.15, 0.2) is 50.2 Å². The first-order valence-corrected chi connectivity index (χ1v) is 12.2. The predicted molar refractivity (Wildman–Crippen MR) is 123 cm³/mol. The van der Waals surface area contributed by atoms with Gasteiger partial charge in [-0.3, -0.25) is 4.79 Å². The lowest BCUT2D eigenvalue weighted by molar-refractivity contribution is 0.0981. The standard InChI is InChI=1S/C22H24BrN3O3S/c1-13(2)12-25-15(4)24-30(28,29)21-11-16(5-7-20(21)25)22(27)26-14(3)9-17-10-18(23)6-8-19(17)26/h5-8,10-11,13-14H,9,12H2,1-4H3/t14-/m0/s1. The third-order valence-corrected chi connectivity index (χ3v) is 7.32. The number of hydrogen-bond acceptors (Lipinski definition) is 4. The van der Waals surface area contributed by atoms with Gasteiger partial charge in [0.15, 0.2) is 0 Å². The summed E-state index contributed by atoms with van der Waals surface area (Å²) in [5.74, 6) is 0.567. The minimum Gasteiger partial charge on any atom is -0.328 e. The van der Waals surface area contributed by atoms with Crippen LogP contribution < -0.4 is 9.80 Å². The van der Waals surface area contributed by atoms with Gasteiger partial charge < -0.3 is 9.80 Å². The number of hydrogen-bond donors (Lipinski definition) is 0. The van der Waals surface area contributed by atoms with Crippen LogP contribution in [-0.4, -0.2) is 32.7 Å². The van der Waals surface area contributed by atoms with E-state index in [1.54, 1.807) is 24.0 Å². The monoisotopic (exact) mass is 489 g/mol. The Morgan fingerprint density at radius 1 is 1.20 bits per heavy atom. The molecule has 0 radical (unpaired) electrons. The number of rotatable bonds is 3. The maximum absolute atomic E-state index is 13.4. The van der Waals surface area contributed by atoms with Gasteiger partial charge in [0.05, 0.1) is 5.69 Å². The van der Waals surface area contributed by atoms with E-state index in [4.69, 9.17) is 0 Å². The zero-order valence-electron chi connectivity index (χ0n) is 17.4. The van der Waals surface area contributed by atoms with Crippen molar-refractivity contribution in [2.45, 2.75) is 45.1 Å². The van der Waals surface area contributed by atoms with Crippen molar-refractivity contribution in [3.8, 4) is 0 Å². The van der Waals surface area contributed by atoms with Crippen LogP contribution in [0.25, 0.3) is 0 Å². The molecule has 4 rings (SSSR count). The molecule has 0 saturated carbocycles. The lowest BCUT2D eigenvalue weighted by atomic mass is 10.1. The fourth-order valence-electron chi connectivity index (χ4n) is 4.17. The first kappa shape index (κ1) is 21.1. The highest BCUT2D eigenvalue weighted by Crippen LogP contribution is 2.37. The SMILES string of the molecule is CC1=NS(=O)(=O)c2cc(C(=O)N3c4ccc(Br)cc4C[C@@H]3C)ccc2N1CC(C)C. The van der Waals surface area contributed by atoms with E-state index in [-0.39, 0.29) is 16.8 Å². The summed E-state index contributed by atoms with van der Waals surface area (Å²) in [5, 5.41) is 0. The number of halogens is 1. The molecule has 2 aromatic carbocycles. The van der Waals surface area contributed by atoms with Crippen LogP contribution in [-0.2, 0) is 16.4 Å². The van der Waals surface area contributed by atoms with Crippen molar-refractivity contribution in [3.05, 3.63) is 52.0 Å². The Labute approximate surface area is 185 Å². The number of carbonyl (C=O) groups is 1. The van der Waals surface area contributed by atoms with E-state index in [0.717, 1.165) is 22.1 Å². The molecular formula is C22H24BrN3O3S. The van der Waals surface area contributed by atoms with Crippen LogP contribution in [0.5, 0.6) is 0 Å². The van der Waals surface area contributed by atoms with Crippen LogP contribution in [0.1, 0.15) is 43.6 Å². The maximum atomic E-state index is 13.4. The van der Waals surface area contributed by atoms with Crippen molar-refractivity contribution >= 4 is 49.1 Å². The first-order chi connectivity index (χ1) is 14.1. The van der Waals surface area contributed by atoms with Gasteiger partial charge in [0.2, 0.25) is 0 Å². The molecule has 0 aliphatic carbocycles. The molecule has 158 valence electrons. The number of fused-ring (bicyclic) bond motifs is 2. The van der Waals surface area contributed by atoms with Crippen molar-refractivity contribution < 1.29 is 13.2 Å². The number of anilines is 2. The fourth-order valence-corrected chi connectivity index (χ4v) is 5.84. The summed E-state index contributed by atoms with van der Waals surface area (Å²) >= 11 is 3.48. The number of sulfonamides is 1. The average Bonchev–Trinajstić information content (AvgIpc) is 2.98. The van der Waals surface area contributed by atoms with Gasteiger partial charge in [-0.15, -0.1) is 4.40 Å². The van der Waals surface area contributed by atoms with Crippen molar-refractivity contribution in [2.24, 2.45) is 10.3 Å². The number of amides is 1. The second-order valence-corrected chi connectivity index (χ2v) is 10.8. The van der Waals surface area contributed by atoms with Gasteiger partial charge in [-0.25, -0.2) is 0 Å². The molecule has 0 N–H and O–H groups in total. The smallest absolute Gasteiger partial charge is 0.286 e. The Bertz CT molecular complexity index is 1170. The fraction of sp³-hybridized carbons (Fsp3) is 0.364. The molecule has 1 amide bonds. The molecule has 2 aromatic rings. The molecule has 2 aliphatic heterocycles. The highest BCUT2D eigenvalue weighted by molar-refractivity contribution is 9.10. The van der Waals surface area contributed by atoms with Gasteiger partial charge in [0, 0.05) is 28.3 Å². The molecule has 0 fully saturated rings. The van der Waals surface area contributed by atoms with Crippen molar-refractivity contribution in [3.63, 3.8) is 0 Å². The molecule has 30 heavy (non-hydrogen) atoms. The summed E-state index contributed by atoms with van der Waals surface area (Å²) < 4.78 is 30.4. The second kappa shape index (κ2) is 7.50. The molecule has 1 atom stereocenters. The third-order valence-electron chi connectivity index (χ3n) is 5.44. The lowest BCUT2D eigenvalue weighted by Crippen LogP contribution is -2.38. The quantitative estimate of drug-likeness (QED) is 0.630. The van der Waals surface area contributed by atoms with Crippen LogP contribution in [0, 0.1) is 5.92 Å². The minimum absolute atomic E-state index is 0.00727. The number of nitrogens with zero attached hydrogens (tertiary/aromatic N) is 3. The topological polar surface area (TPSA) is 70.0 Å².